The highest BCUT2D eigenvalue weighted by molar-refractivity contribution is 6.15. The summed E-state index contributed by atoms with van der Waals surface area (Å²) in [7, 11) is 0. The number of rotatable bonds is 3. The minimum atomic E-state index is -0.875. The van der Waals surface area contributed by atoms with E-state index in [0.717, 1.165) is 22.9 Å². The van der Waals surface area contributed by atoms with Gasteiger partial charge in [-0.15, -0.1) is 10.2 Å². The molecular formula is C24H18FN5O2. The summed E-state index contributed by atoms with van der Waals surface area (Å²) in [5, 5.41) is 11.2. The van der Waals surface area contributed by atoms with E-state index in [4.69, 9.17) is 9.73 Å². The fourth-order valence-electron chi connectivity index (χ4n) is 3.68. The third kappa shape index (κ3) is 3.62. The molecule has 1 amide bonds. The Balaban J connectivity index is 1.59. The van der Waals surface area contributed by atoms with E-state index in [-0.39, 0.29) is 5.75 Å². The number of para-hydroxylation sites is 1. The molecule has 1 aromatic heterocycles. The second kappa shape index (κ2) is 8.07. The number of benzene rings is 3. The highest BCUT2D eigenvalue weighted by Gasteiger charge is 2.29. The van der Waals surface area contributed by atoms with Crippen LogP contribution in [0.25, 0.3) is 5.69 Å². The fourth-order valence-corrected chi connectivity index (χ4v) is 3.68. The molecule has 5 rings (SSSR count). The van der Waals surface area contributed by atoms with Crippen molar-refractivity contribution in [1.82, 2.24) is 20.1 Å². The van der Waals surface area contributed by atoms with E-state index in [9.17, 15) is 9.18 Å². The monoisotopic (exact) mass is 427 g/mol. The van der Waals surface area contributed by atoms with Crippen molar-refractivity contribution >= 4 is 11.8 Å². The molecule has 1 aliphatic rings. The number of aryl methyl sites for hydroxylation is 1. The number of nitrogens with one attached hydrogen (secondary N) is 1. The van der Waals surface area contributed by atoms with Gasteiger partial charge in [-0.25, -0.2) is 9.18 Å². The third-order valence-electron chi connectivity index (χ3n) is 5.06. The molecule has 7 nitrogen and oxygen atoms in total. The maximum Gasteiger partial charge on any atom is 0.414 e. The Morgan fingerprint density at radius 3 is 2.59 bits per heavy atom. The predicted molar refractivity (Wildman–Crippen MR) is 116 cm³/mol. The van der Waals surface area contributed by atoms with Crippen LogP contribution in [0.3, 0.4) is 0 Å². The average molecular weight is 427 g/mol. The zero-order chi connectivity index (χ0) is 22.1. The van der Waals surface area contributed by atoms with E-state index in [1.54, 1.807) is 0 Å². The molecule has 2 heterocycles. The number of hydrogen-bond donors (Lipinski definition) is 1. The van der Waals surface area contributed by atoms with Gasteiger partial charge >= 0.3 is 6.09 Å². The second-order valence-electron chi connectivity index (χ2n) is 7.20. The molecule has 8 heteroatoms. The standard InChI is InChI=1S/C24H18FN5O2/c1-15-28-29-23-22(27-24(31)32-18-11-7-10-17(25)14-18)26-21(16-8-3-2-4-9-16)19-12-5-6-13-20(19)30(15)23/h2-14,22H,1H3,(H,27,31). The van der Waals surface area contributed by atoms with E-state index in [1.165, 1.54) is 18.2 Å². The van der Waals surface area contributed by atoms with Crippen LogP contribution in [0.1, 0.15) is 28.9 Å². The average Bonchev–Trinajstić information content (AvgIpc) is 3.12. The number of aliphatic imine (C=N–C) groups is 1. The van der Waals surface area contributed by atoms with E-state index in [1.807, 2.05) is 66.1 Å². The Labute approximate surface area is 183 Å². The molecule has 0 aliphatic carbocycles. The lowest BCUT2D eigenvalue weighted by molar-refractivity contribution is 0.195. The van der Waals surface area contributed by atoms with Crippen LogP contribution in [-0.2, 0) is 0 Å². The molecule has 4 aromatic rings. The largest absolute Gasteiger partial charge is 0.414 e. The first kappa shape index (κ1) is 19.6. The first-order valence-electron chi connectivity index (χ1n) is 9.99. The number of amides is 1. The number of aromatic nitrogens is 3. The summed E-state index contributed by atoms with van der Waals surface area (Å²) in [5.41, 5.74) is 3.32. The van der Waals surface area contributed by atoms with Crippen molar-refractivity contribution in [3.8, 4) is 11.4 Å². The Kier molecular flexibility index (Phi) is 4.95. The number of nitrogens with zero attached hydrogens (tertiary/aromatic N) is 4. The SMILES string of the molecule is Cc1nnc2n1-c1ccccc1C(c1ccccc1)=NC2NC(=O)Oc1cccc(F)c1. The molecule has 1 aliphatic heterocycles. The molecule has 0 spiro atoms. The minimum Gasteiger partial charge on any atom is -0.410 e. The second-order valence-corrected chi connectivity index (χ2v) is 7.20. The quantitative estimate of drug-likeness (QED) is 0.527. The summed E-state index contributed by atoms with van der Waals surface area (Å²) in [5.74, 6) is 0.684. The highest BCUT2D eigenvalue weighted by Crippen LogP contribution is 2.29. The van der Waals surface area contributed by atoms with Crippen LogP contribution in [0.5, 0.6) is 5.75 Å². The first-order chi connectivity index (χ1) is 15.6. The summed E-state index contributed by atoms with van der Waals surface area (Å²) >= 11 is 0. The Hall–Kier alpha value is -4.33. The van der Waals surface area contributed by atoms with Gasteiger partial charge in [0.15, 0.2) is 12.0 Å². The number of fused-ring (bicyclic) bond motifs is 3. The molecule has 32 heavy (non-hydrogen) atoms. The lowest BCUT2D eigenvalue weighted by Gasteiger charge is -2.14. The van der Waals surface area contributed by atoms with Gasteiger partial charge in [0.05, 0.1) is 11.4 Å². The minimum absolute atomic E-state index is 0.0873. The summed E-state index contributed by atoms with van der Waals surface area (Å²) in [6.07, 6.45) is -1.66. The smallest absolute Gasteiger partial charge is 0.410 e. The van der Waals surface area contributed by atoms with Gasteiger partial charge in [0, 0.05) is 17.2 Å². The van der Waals surface area contributed by atoms with Crippen LogP contribution in [-0.4, -0.2) is 26.6 Å². The van der Waals surface area contributed by atoms with Crippen molar-refractivity contribution < 1.29 is 13.9 Å². The molecule has 0 saturated heterocycles. The Bertz CT molecular complexity index is 1330. The molecule has 158 valence electrons. The van der Waals surface area contributed by atoms with Gasteiger partial charge in [-0.2, -0.15) is 0 Å². The molecule has 0 fully saturated rings. The van der Waals surface area contributed by atoms with Crippen molar-refractivity contribution in [2.75, 3.05) is 0 Å². The molecule has 1 N–H and O–H groups in total. The fraction of sp³-hybridized carbons (Fsp3) is 0.0833. The van der Waals surface area contributed by atoms with Gasteiger partial charge in [-0.05, 0) is 25.1 Å². The van der Waals surface area contributed by atoms with E-state index in [2.05, 4.69) is 15.5 Å². The number of halogens is 1. The Morgan fingerprint density at radius 1 is 1.00 bits per heavy atom. The van der Waals surface area contributed by atoms with Crippen LogP contribution in [0.4, 0.5) is 9.18 Å². The van der Waals surface area contributed by atoms with Crippen LogP contribution in [0.2, 0.25) is 0 Å². The zero-order valence-electron chi connectivity index (χ0n) is 17.1. The lowest BCUT2D eigenvalue weighted by atomic mass is 10.0. The molecule has 0 bridgehead atoms. The maximum absolute atomic E-state index is 13.5. The molecule has 0 saturated carbocycles. The van der Waals surface area contributed by atoms with Gasteiger partial charge in [0.25, 0.3) is 0 Å². The molecule has 1 unspecified atom stereocenters. The first-order valence-corrected chi connectivity index (χ1v) is 9.99. The molecule has 3 aromatic carbocycles. The van der Waals surface area contributed by atoms with E-state index >= 15 is 0 Å². The van der Waals surface area contributed by atoms with Crippen LogP contribution in [0.15, 0.2) is 83.9 Å². The van der Waals surface area contributed by atoms with Crippen LogP contribution in [0, 0.1) is 12.7 Å². The van der Waals surface area contributed by atoms with Crippen LogP contribution >= 0.6 is 0 Å². The van der Waals surface area contributed by atoms with Gasteiger partial charge in [-0.1, -0.05) is 54.6 Å². The lowest BCUT2D eigenvalue weighted by Crippen LogP contribution is -2.32. The van der Waals surface area contributed by atoms with Crippen molar-refractivity contribution in [3.05, 3.63) is 107 Å². The number of ether oxygens (including phenoxy) is 1. The van der Waals surface area contributed by atoms with Crippen LogP contribution < -0.4 is 10.1 Å². The van der Waals surface area contributed by atoms with Crippen molar-refractivity contribution in [2.24, 2.45) is 4.99 Å². The normalized spacial score (nSPS) is 14.6. The molecule has 1 atom stereocenters. The zero-order valence-corrected chi connectivity index (χ0v) is 17.1. The Morgan fingerprint density at radius 2 is 1.78 bits per heavy atom. The number of carbonyl (C=O) groups excluding carboxylic acids is 1. The summed E-state index contributed by atoms with van der Waals surface area (Å²) in [4.78, 5) is 17.5. The highest BCUT2D eigenvalue weighted by atomic mass is 19.1. The third-order valence-corrected chi connectivity index (χ3v) is 5.06. The van der Waals surface area contributed by atoms with Crippen molar-refractivity contribution in [1.29, 1.82) is 0 Å². The molecule has 0 radical (unpaired) electrons. The van der Waals surface area contributed by atoms with E-state index < -0.39 is 18.1 Å². The van der Waals surface area contributed by atoms with Crippen molar-refractivity contribution in [2.45, 2.75) is 13.1 Å². The summed E-state index contributed by atoms with van der Waals surface area (Å²) in [6.45, 7) is 1.84. The summed E-state index contributed by atoms with van der Waals surface area (Å²) in [6, 6.07) is 22.9. The molecular weight excluding hydrogens is 409 g/mol. The van der Waals surface area contributed by atoms with E-state index in [0.29, 0.717) is 17.4 Å². The van der Waals surface area contributed by atoms with Gasteiger partial charge in [0.2, 0.25) is 0 Å². The number of hydrogen-bond acceptors (Lipinski definition) is 5. The van der Waals surface area contributed by atoms with Gasteiger partial charge in [-0.3, -0.25) is 14.9 Å². The predicted octanol–water partition coefficient (Wildman–Crippen LogP) is 4.35. The topological polar surface area (TPSA) is 81.4 Å². The maximum atomic E-state index is 13.5. The number of carbonyl (C=O) groups is 1. The van der Waals surface area contributed by atoms with Gasteiger partial charge < -0.3 is 4.74 Å². The van der Waals surface area contributed by atoms with Crippen molar-refractivity contribution in [3.63, 3.8) is 0 Å². The van der Waals surface area contributed by atoms with Gasteiger partial charge in [0.1, 0.15) is 17.4 Å². The summed E-state index contributed by atoms with van der Waals surface area (Å²) < 4.78 is 20.6.